The number of nitrogens with zero attached hydrogens (tertiary/aromatic N) is 4. The number of anilines is 1. The summed E-state index contributed by atoms with van der Waals surface area (Å²) in [5, 5.41) is 0. The van der Waals surface area contributed by atoms with Gasteiger partial charge in [-0.25, -0.2) is 14.4 Å². The summed E-state index contributed by atoms with van der Waals surface area (Å²) in [6.45, 7) is 6.12. The molecule has 6 heteroatoms. The minimum absolute atomic E-state index is 0.0913. The molecular weight excluding hydrogens is 331 g/mol. The fourth-order valence-electron chi connectivity index (χ4n) is 4.16. The Morgan fingerprint density at radius 1 is 1.08 bits per heavy atom. The van der Waals surface area contributed by atoms with Gasteiger partial charge in [-0.2, -0.15) is 0 Å². The molecule has 1 spiro atoms. The fraction of sp³-hybridized carbons (Fsp3) is 0.500. The number of halogens is 1. The summed E-state index contributed by atoms with van der Waals surface area (Å²) in [5.74, 6) is 0.604. The lowest BCUT2D eigenvalue weighted by molar-refractivity contribution is 0.0106. The number of benzene rings is 1. The quantitative estimate of drug-likeness (QED) is 0.846. The van der Waals surface area contributed by atoms with E-state index in [1.807, 2.05) is 18.2 Å². The number of hydrogen-bond donors (Lipinski definition) is 0. The van der Waals surface area contributed by atoms with Crippen LogP contribution in [0.1, 0.15) is 18.4 Å². The van der Waals surface area contributed by atoms with Crippen molar-refractivity contribution in [2.75, 3.05) is 44.3 Å². The van der Waals surface area contributed by atoms with Crippen molar-refractivity contribution in [1.82, 2.24) is 14.9 Å². The molecule has 5 nitrogen and oxygen atoms in total. The molecule has 2 aliphatic rings. The molecule has 0 unspecified atom stereocenters. The zero-order chi connectivity index (χ0) is 17.8. The van der Waals surface area contributed by atoms with Gasteiger partial charge in [0.25, 0.3) is 0 Å². The van der Waals surface area contributed by atoms with Crippen LogP contribution in [0.25, 0.3) is 0 Å². The molecule has 2 aromatic rings. The predicted molar refractivity (Wildman–Crippen MR) is 98.4 cm³/mol. The van der Waals surface area contributed by atoms with E-state index in [1.54, 1.807) is 12.4 Å². The highest BCUT2D eigenvalue weighted by Gasteiger charge is 2.39. The summed E-state index contributed by atoms with van der Waals surface area (Å²) in [4.78, 5) is 13.6. The van der Waals surface area contributed by atoms with Crippen molar-refractivity contribution in [3.05, 3.63) is 54.1 Å². The Morgan fingerprint density at radius 2 is 1.88 bits per heavy atom. The Hall–Kier alpha value is -2.05. The van der Waals surface area contributed by atoms with Crippen LogP contribution in [-0.4, -0.2) is 54.3 Å². The van der Waals surface area contributed by atoms with E-state index in [9.17, 15) is 4.39 Å². The summed E-state index contributed by atoms with van der Waals surface area (Å²) in [5.41, 5.74) is 1.25. The molecule has 1 aromatic carbocycles. The van der Waals surface area contributed by atoms with E-state index in [0.29, 0.717) is 6.61 Å². The van der Waals surface area contributed by atoms with Crippen LogP contribution >= 0.6 is 0 Å². The van der Waals surface area contributed by atoms with Crippen LogP contribution in [0.4, 0.5) is 10.3 Å². The number of likely N-dealkylation sites (tertiary alicyclic amines) is 1. The average molecular weight is 356 g/mol. The summed E-state index contributed by atoms with van der Waals surface area (Å²) >= 11 is 0. The summed E-state index contributed by atoms with van der Waals surface area (Å²) in [6, 6.07) is 8.68. The van der Waals surface area contributed by atoms with Crippen LogP contribution in [-0.2, 0) is 11.3 Å². The van der Waals surface area contributed by atoms with Crippen LogP contribution in [0.2, 0.25) is 0 Å². The highest BCUT2D eigenvalue weighted by molar-refractivity contribution is 5.29. The Morgan fingerprint density at radius 3 is 2.69 bits per heavy atom. The van der Waals surface area contributed by atoms with Crippen LogP contribution in [0.5, 0.6) is 0 Å². The molecule has 0 amide bonds. The zero-order valence-corrected chi connectivity index (χ0v) is 15.0. The first-order chi connectivity index (χ1) is 12.7. The molecule has 2 fully saturated rings. The van der Waals surface area contributed by atoms with Gasteiger partial charge in [-0.15, -0.1) is 0 Å². The second-order valence-electron chi connectivity index (χ2n) is 7.46. The molecule has 3 heterocycles. The molecular formula is C20H25FN4O. The molecule has 138 valence electrons. The van der Waals surface area contributed by atoms with Crippen LogP contribution in [0, 0.1) is 11.2 Å². The van der Waals surface area contributed by atoms with Crippen molar-refractivity contribution in [3.8, 4) is 0 Å². The maximum absolute atomic E-state index is 13.2. The molecule has 1 aromatic heterocycles. The normalized spacial score (nSPS) is 24.6. The van der Waals surface area contributed by atoms with Gasteiger partial charge in [-0.05, 0) is 43.1 Å². The Kier molecular flexibility index (Phi) is 5.13. The first-order valence-corrected chi connectivity index (χ1v) is 9.29. The van der Waals surface area contributed by atoms with Gasteiger partial charge in [-0.1, -0.05) is 12.1 Å². The molecule has 0 saturated carbocycles. The Bertz CT molecular complexity index is 712. The van der Waals surface area contributed by atoms with E-state index < -0.39 is 0 Å². The second-order valence-corrected chi connectivity index (χ2v) is 7.46. The molecule has 0 radical (unpaired) electrons. The van der Waals surface area contributed by atoms with Crippen LogP contribution in [0.3, 0.4) is 0 Å². The minimum atomic E-state index is -0.181. The van der Waals surface area contributed by atoms with Gasteiger partial charge in [0.2, 0.25) is 5.95 Å². The Balaban J connectivity index is 1.48. The van der Waals surface area contributed by atoms with Crippen molar-refractivity contribution in [3.63, 3.8) is 0 Å². The smallest absolute Gasteiger partial charge is 0.225 e. The molecule has 0 bridgehead atoms. The Labute approximate surface area is 153 Å². The van der Waals surface area contributed by atoms with Gasteiger partial charge in [-0.3, -0.25) is 4.90 Å². The van der Waals surface area contributed by atoms with Gasteiger partial charge in [0.1, 0.15) is 5.82 Å². The number of piperidine rings is 1. The highest BCUT2D eigenvalue weighted by Crippen LogP contribution is 2.34. The third-order valence-electron chi connectivity index (χ3n) is 5.33. The zero-order valence-electron chi connectivity index (χ0n) is 15.0. The monoisotopic (exact) mass is 356 g/mol. The van der Waals surface area contributed by atoms with Gasteiger partial charge in [0.05, 0.1) is 13.2 Å². The van der Waals surface area contributed by atoms with E-state index in [4.69, 9.17) is 4.74 Å². The van der Waals surface area contributed by atoms with Crippen molar-refractivity contribution < 1.29 is 9.13 Å². The van der Waals surface area contributed by atoms with Gasteiger partial charge in [0.15, 0.2) is 0 Å². The number of hydrogen-bond acceptors (Lipinski definition) is 5. The molecule has 0 N–H and O–H groups in total. The maximum Gasteiger partial charge on any atom is 0.225 e. The molecule has 1 atom stereocenters. The third kappa shape index (κ3) is 4.02. The van der Waals surface area contributed by atoms with E-state index in [0.717, 1.165) is 63.7 Å². The SMILES string of the molecule is Fc1ccc(CN2CCC[C@@]3(COCCN(c4ncccn4)C3)C2)cc1. The summed E-state index contributed by atoms with van der Waals surface area (Å²) in [7, 11) is 0. The van der Waals surface area contributed by atoms with E-state index >= 15 is 0 Å². The lowest BCUT2D eigenvalue weighted by atomic mass is 9.80. The lowest BCUT2D eigenvalue weighted by Gasteiger charge is -2.43. The van der Waals surface area contributed by atoms with Gasteiger partial charge in [0, 0.05) is 44.0 Å². The maximum atomic E-state index is 13.2. The number of rotatable bonds is 3. The average Bonchev–Trinajstić information content (AvgIpc) is 2.87. The first-order valence-electron chi connectivity index (χ1n) is 9.29. The molecule has 2 aliphatic heterocycles. The largest absolute Gasteiger partial charge is 0.379 e. The molecule has 4 rings (SSSR count). The van der Waals surface area contributed by atoms with E-state index in [2.05, 4.69) is 19.8 Å². The topological polar surface area (TPSA) is 41.5 Å². The predicted octanol–water partition coefficient (Wildman–Crippen LogP) is 2.73. The minimum Gasteiger partial charge on any atom is -0.379 e. The van der Waals surface area contributed by atoms with Crippen molar-refractivity contribution >= 4 is 5.95 Å². The van der Waals surface area contributed by atoms with Crippen molar-refractivity contribution in [2.24, 2.45) is 5.41 Å². The third-order valence-corrected chi connectivity index (χ3v) is 5.33. The lowest BCUT2D eigenvalue weighted by Crippen LogP contribution is -2.50. The van der Waals surface area contributed by atoms with E-state index in [-0.39, 0.29) is 11.2 Å². The van der Waals surface area contributed by atoms with Crippen LogP contribution in [0.15, 0.2) is 42.7 Å². The first kappa shape index (κ1) is 17.4. The van der Waals surface area contributed by atoms with Crippen LogP contribution < -0.4 is 4.90 Å². The van der Waals surface area contributed by atoms with Crippen molar-refractivity contribution in [2.45, 2.75) is 19.4 Å². The van der Waals surface area contributed by atoms with Crippen molar-refractivity contribution in [1.29, 1.82) is 0 Å². The van der Waals surface area contributed by atoms with E-state index in [1.165, 1.54) is 12.1 Å². The fourth-order valence-corrected chi connectivity index (χ4v) is 4.16. The number of aromatic nitrogens is 2. The highest BCUT2D eigenvalue weighted by atomic mass is 19.1. The molecule has 26 heavy (non-hydrogen) atoms. The summed E-state index contributed by atoms with van der Waals surface area (Å²) in [6.07, 6.45) is 5.88. The molecule has 0 aliphatic carbocycles. The summed E-state index contributed by atoms with van der Waals surface area (Å²) < 4.78 is 19.1. The second kappa shape index (κ2) is 7.68. The van der Waals surface area contributed by atoms with Gasteiger partial charge >= 0.3 is 0 Å². The van der Waals surface area contributed by atoms with Gasteiger partial charge < -0.3 is 9.64 Å². The standard InChI is InChI=1S/C20H25FN4O/c21-18-5-3-17(4-6-18)13-24-10-1-7-20(14-24)15-25(11-12-26-16-20)19-22-8-2-9-23-19/h2-6,8-9H,1,7,10-16H2/t20-/m1/s1. The number of ether oxygens (including phenoxy) is 1. The molecule has 2 saturated heterocycles.